The van der Waals surface area contributed by atoms with Gasteiger partial charge in [0.05, 0.1) is 11.5 Å². The van der Waals surface area contributed by atoms with Crippen molar-refractivity contribution in [2.75, 3.05) is 11.5 Å². The summed E-state index contributed by atoms with van der Waals surface area (Å²) in [5.41, 5.74) is 0.999. The van der Waals surface area contributed by atoms with Gasteiger partial charge in [0.2, 0.25) is 5.91 Å². The zero-order valence-electron chi connectivity index (χ0n) is 12.7. The number of rotatable bonds is 5. The second-order valence-electron chi connectivity index (χ2n) is 5.80. The van der Waals surface area contributed by atoms with Gasteiger partial charge in [0.25, 0.3) is 0 Å². The Bertz CT molecular complexity index is 780. The van der Waals surface area contributed by atoms with E-state index in [-0.39, 0.29) is 29.9 Å². The lowest BCUT2D eigenvalue weighted by Crippen LogP contribution is -2.35. The van der Waals surface area contributed by atoms with Gasteiger partial charge in [-0.15, -0.1) is 0 Å². The lowest BCUT2D eigenvalue weighted by atomic mass is 10.2. The van der Waals surface area contributed by atoms with E-state index in [4.69, 9.17) is 4.42 Å². The van der Waals surface area contributed by atoms with Gasteiger partial charge in [0.15, 0.2) is 9.84 Å². The van der Waals surface area contributed by atoms with E-state index in [0.717, 1.165) is 17.1 Å². The van der Waals surface area contributed by atoms with Gasteiger partial charge in [-0.3, -0.25) is 4.79 Å². The summed E-state index contributed by atoms with van der Waals surface area (Å²) < 4.78 is 28.5. The number of amides is 1. The second kappa shape index (κ2) is 6.58. The summed E-state index contributed by atoms with van der Waals surface area (Å²) in [7, 11) is -2.97. The average Bonchev–Trinajstić information content (AvgIpc) is 3.13. The van der Waals surface area contributed by atoms with Crippen molar-refractivity contribution in [1.29, 1.82) is 0 Å². The fourth-order valence-electron chi connectivity index (χ4n) is 2.72. The smallest absolute Gasteiger partial charge is 0.220 e. The van der Waals surface area contributed by atoms with Crippen molar-refractivity contribution >= 4 is 15.7 Å². The largest absolute Gasteiger partial charge is 0.461 e. The first-order chi connectivity index (χ1) is 11.0. The highest BCUT2D eigenvalue weighted by atomic mass is 32.2. The highest BCUT2D eigenvalue weighted by Crippen LogP contribution is 2.22. The summed E-state index contributed by atoms with van der Waals surface area (Å²) in [5, 5.41) is 2.78. The Morgan fingerprint density at radius 1 is 1.17 bits per heavy atom. The van der Waals surface area contributed by atoms with Gasteiger partial charge in [-0.1, -0.05) is 30.3 Å². The van der Waals surface area contributed by atoms with Gasteiger partial charge in [0.1, 0.15) is 11.5 Å². The van der Waals surface area contributed by atoms with Crippen LogP contribution in [0.4, 0.5) is 0 Å². The molecule has 3 rings (SSSR count). The van der Waals surface area contributed by atoms with E-state index < -0.39 is 9.84 Å². The van der Waals surface area contributed by atoms with Crippen molar-refractivity contribution in [2.24, 2.45) is 0 Å². The molecule has 6 heteroatoms. The number of benzene rings is 1. The maximum Gasteiger partial charge on any atom is 0.220 e. The molecule has 23 heavy (non-hydrogen) atoms. The van der Waals surface area contributed by atoms with Crippen LogP contribution in [0.25, 0.3) is 11.3 Å². The molecule has 1 N–H and O–H groups in total. The standard InChI is InChI=1S/C17H19NO4S/c19-17(18-14-10-11-23(20,21)12-14)9-7-15-6-8-16(22-15)13-4-2-1-3-5-13/h1-6,8,14H,7,9-12H2,(H,18,19)/t14-/m1/s1. The Morgan fingerprint density at radius 2 is 1.96 bits per heavy atom. The summed E-state index contributed by atoms with van der Waals surface area (Å²) in [5.74, 6) is 1.61. The van der Waals surface area contributed by atoms with E-state index in [1.54, 1.807) is 0 Å². The molecule has 1 aromatic heterocycles. The first-order valence-electron chi connectivity index (χ1n) is 7.66. The fourth-order valence-corrected chi connectivity index (χ4v) is 4.39. The number of nitrogens with one attached hydrogen (secondary N) is 1. The van der Waals surface area contributed by atoms with Gasteiger partial charge in [-0.05, 0) is 18.6 Å². The van der Waals surface area contributed by atoms with Crippen LogP contribution in [0.3, 0.4) is 0 Å². The van der Waals surface area contributed by atoms with E-state index in [9.17, 15) is 13.2 Å². The molecule has 0 bridgehead atoms. The van der Waals surface area contributed by atoms with Crippen molar-refractivity contribution in [3.8, 4) is 11.3 Å². The molecular formula is C17H19NO4S. The summed E-state index contributed by atoms with van der Waals surface area (Å²) in [6.45, 7) is 0. The monoisotopic (exact) mass is 333 g/mol. The molecule has 1 aliphatic heterocycles. The summed E-state index contributed by atoms with van der Waals surface area (Å²) in [6, 6.07) is 13.3. The van der Waals surface area contributed by atoms with E-state index in [0.29, 0.717) is 12.8 Å². The van der Waals surface area contributed by atoms with E-state index >= 15 is 0 Å². The average molecular weight is 333 g/mol. The molecule has 5 nitrogen and oxygen atoms in total. The molecule has 1 aliphatic rings. The Morgan fingerprint density at radius 3 is 2.65 bits per heavy atom. The summed E-state index contributed by atoms with van der Waals surface area (Å²) in [4.78, 5) is 11.9. The highest BCUT2D eigenvalue weighted by Gasteiger charge is 2.28. The summed E-state index contributed by atoms with van der Waals surface area (Å²) >= 11 is 0. The molecule has 2 aromatic rings. The van der Waals surface area contributed by atoms with Crippen LogP contribution >= 0.6 is 0 Å². The van der Waals surface area contributed by atoms with Crippen LogP contribution in [0.15, 0.2) is 46.9 Å². The van der Waals surface area contributed by atoms with E-state index in [2.05, 4.69) is 5.32 Å². The topological polar surface area (TPSA) is 76.4 Å². The predicted octanol–water partition coefficient (Wildman–Crippen LogP) is 2.18. The first-order valence-corrected chi connectivity index (χ1v) is 9.48. The molecule has 1 amide bonds. The quantitative estimate of drug-likeness (QED) is 0.910. The lowest BCUT2D eigenvalue weighted by molar-refractivity contribution is -0.121. The van der Waals surface area contributed by atoms with Crippen LogP contribution in [0, 0.1) is 0 Å². The molecule has 0 saturated carbocycles. The third-order valence-electron chi connectivity index (χ3n) is 3.92. The van der Waals surface area contributed by atoms with Crippen LogP contribution < -0.4 is 5.32 Å². The maximum absolute atomic E-state index is 11.9. The van der Waals surface area contributed by atoms with Crippen LogP contribution in [-0.4, -0.2) is 31.9 Å². The summed E-state index contributed by atoms with van der Waals surface area (Å²) in [6.07, 6.45) is 1.30. The zero-order valence-corrected chi connectivity index (χ0v) is 13.5. The number of aryl methyl sites for hydroxylation is 1. The molecule has 1 saturated heterocycles. The van der Waals surface area contributed by atoms with Crippen LogP contribution in [0.5, 0.6) is 0 Å². The number of hydrogen-bond acceptors (Lipinski definition) is 4. The van der Waals surface area contributed by atoms with Crippen molar-refractivity contribution in [3.63, 3.8) is 0 Å². The van der Waals surface area contributed by atoms with Gasteiger partial charge in [-0.25, -0.2) is 8.42 Å². The molecule has 0 aliphatic carbocycles. The third kappa shape index (κ3) is 4.22. The van der Waals surface area contributed by atoms with Crippen molar-refractivity contribution in [2.45, 2.75) is 25.3 Å². The SMILES string of the molecule is O=C(CCc1ccc(-c2ccccc2)o1)N[C@@H]1CCS(=O)(=O)C1. The van der Waals surface area contributed by atoms with Gasteiger partial charge < -0.3 is 9.73 Å². The van der Waals surface area contributed by atoms with Crippen molar-refractivity contribution in [1.82, 2.24) is 5.32 Å². The zero-order chi connectivity index (χ0) is 16.3. The molecule has 1 aromatic carbocycles. The molecule has 1 atom stereocenters. The number of sulfone groups is 1. The molecule has 2 heterocycles. The van der Waals surface area contributed by atoms with Crippen LogP contribution in [-0.2, 0) is 21.1 Å². The molecular weight excluding hydrogens is 314 g/mol. The normalized spacial score (nSPS) is 19.6. The minimum atomic E-state index is -2.97. The number of carbonyl (C=O) groups is 1. The van der Waals surface area contributed by atoms with Crippen LogP contribution in [0.2, 0.25) is 0 Å². The minimum absolute atomic E-state index is 0.0532. The Kier molecular flexibility index (Phi) is 4.52. The predicted molar refractivity (Wildman–Crippen MR) is 87.7 cm³/mol. The Balaban J connectivity index is 1.51. The van der Waals surface area contributed by atoms with Crippen molar-refractivity contribution in [3.05, 3.63) is 48.2 Å². The molecule has 0 unspecified atom stereocenters. The first kappa shape index (κ1) is 15.8. The molecule has 1 fully saturated rings. The molecule has 122 valence electrons. The molecule has 0 radical (unpaired) electrons. The number of hydrogen-bond donors (Lipinski definition) is 1. The van der Waals surface area contributed by atoms with Crippen molar-refractivity contribution < 1.29 is 17.6 Å². The molecule has 0 spiro atoms. The number of carbonyl (C=O) groups excluding carboxylic acids is 1. The van der Waals surface area contributed by atoms with E-state index in [1.165, 1.54) is 0 Å². The Labute approximate surface area is 135 Å². The van der Waals surface area contributed by atoms with Crippen LogP contribution in [0.1, 0.15) is 18.6 Å². The highest BCUT2D eigenvalue weighted by molar-refractivity contribution is 7.91. The maximum atomic E-state index is 11.9. The van der Waals surface area contributed by atoms with Gasteiger partial charge >= 0.3 is 0 Å². The third-order valence-corrected chi connectivity index (χ3v) is 5.68. The fraction of sp³-hybridized carbons (Fsp3) is 0.353. The van der Waals surface area contributed by atoms with E-state index in [1.807, 2.05) is 42.5 Å². The van der Waals surface area contributed by atoms with Gasteiger partial charge in [-0.2, -0.15) is 0 Å². The Hall–Kier alpha value is -2.08. The second-order valence-corrected chi connectivity index (χ2v) is 8.03. The van der Waals surface area contributed by atoms with Gasteiger partial charge in [0, 0.05) is 24.4 Å². The lowest BCUT2D eigenvalue weighted by Gasteiger charge is -2.10. The minimum Gasteiger partial charge on any atom is -0.461 e. The number of furan rings is 1.